The Kier molecular flexibility index (Phi) is 7.03. The van der Waals surface area contributed by atoms with E-state index in [9.17, 15) is 17.6 Å². The third-order valence-electron chi connectivity index (χ3n) is 4.71. The predicted octanol–water partition coefficient (Wildman–Crippen LogP) is 2.31. The number of nitrogens with one attached hydrogen (secondary N) is 2. The van der Waals surface area contributed by atoms with Crippen LogP contribution in [0.5, 0.6) is 5.75 Å². The number of nitrogens with zero attached hydrogens (tertiary/aromatic N) is 4. The van der Waals surface area contributed by atoms with Crippen molar-refractivity contribution in [1.29, 1.82) is 0 Å². The molecule has 1 atom stereocenters. The van der Waals surface area contributed by atoms with Crippen molar-refractivity contribution in [1.82, 2.24) is 20.2 Å². The molecule has 3 rings (SSSR count). The number of methoxy groups -OCH3 is 1. The molecule has 0 spiro atoms. The second-order valence-corrected chi connectivity index (χ2v) is 8.94. The highest BCUT2D eigenvalue weighted by molar-refractivity contribution is 7.92. The standard InChI is InChI=1S/C20H23FN6O4S/c1-4-32(29,30)24-17-10-9-16(12-19(17)31-3)22-20(28)18(27-13(2)23-25-26-27)11-14-5-7-15(21)8-6-14/h5-10,12,18,24H,4,11H2,1-3H3,(H,22,28). The van der Waals surface area contributed by atoms with E-state index in [0.717, 1.165) is 5.56 Å². The van der Waals surface area contributed by atoms with Gasteiger partial charge in [0, 0.05) is 18.2 Å². The number of anilines is 2. The molecule has 32 heavy (non-hydrogen) atoms. The zero-order valence-electron chi connectivity index (χ0n) is 17.7. The third kappa shape index (κ3) is 5.58. The summed E-state index contributed by atoms with van der Waals surface area (Å²) in [5.74, 6) is -0.194. The summed E-state index contributed by atoms with van der Waals surface area (Å²) in [4.78, 5) is 13.1. The van der Waals surface area contributed by atoms with Crippen molar-refractivity contribution < 1.29 is 22.3 Å². The molecule has 2 aromatic carbocycles. The van der Waals surface area contributed by atoms with Crippen LogP contribution in [0.1, 0.15) is 24.4 Å². The first-order valence-corrected chi connectivity index (χ1v) is 11.4. The van der Waals surface area contributed by atoms with Gasteiger partial charge in [0.05, 0.1) is 18.6 Å². The number of tetrazole rings is 1. The fourth-order valence-electron chi connectivity index (χ4n) is 2.98. The minimum atomic E-state index is -3.50. The summed E-state index contributed by atoms with van der Waals surface area (Å²) in [6, 6.07) is 9.57. The summed E-state index contributed by atoms with van der Waals surface area (Å²) in [5.41, 5.74) is 1.37. The molecule has 0 radical (unpaired) electrons. The number of benzene rings is 2. The minimum Gasteiger partial charge on any atom is -0.494 e. The van der Waals surface area contributed by atoms with E-state index in [2.05, 4.69) is 25.6 Å². The predicted molar refractivity (Wildman–Crippen MR) is 116 cm³/mol. The van der Waals surface area contributed by atoms with Crippen LogP contribution in [-0.2, 0) is 21.2 Å². The van der Waals surface area contributed by atoms with E-state index in [-0.39, 0.29) is 29.4 Å². The smallest absolute Gasteiger partial charge is 0.249 e. The molecule has 0 fully saturated rings. The number of rotatable bonds is 9. The van der Waals surface area contributed by atoms with Gasteiger partial charge in [-0.05, 0) is 54.1 Å². The van der Waals surface area contributed by atoms with Gasteiger partial charge >= 0.3 is 0 Å². The number of aromatic nitrogens is 4. The molecule has 12 heteroatoms. The van der Waals surface area contributed by atoms with Gasteiger partial charge in [-0.15, -0.1) is 5.10 Å². The number of carbonyl (C=O) groups is 1. The fourth-order valence-corrected chi connectivity index (χ4v) is 3.63. The monoisotopic (exact) mass is 462 g/mol. The van der Waals surface area contributed by atoms with Crippen molar-refractivity contribution in [3.8, 4) is 5.75 Å². The largest absolute Gasteiger partial charge is 0.494 e. The third-order valence-corrected chi connectivity index (χ3v) is 6.00. The van der Waals surface area contributed by atoms with Crippen LogP contribution >= 0.6 is 0 Å². The van der Waals surface area contributed by atoms with E-state index in [4.69, 9.17) is 4.74 Å². The topological polar surface area (TPSA) is 128 Å². The second-order valence-electron chi connectivity index (χ2n) is 6.93. The molecule has 3 aromatic rings. The lowest BCUT2D eigenvalue weighted by Gasteiger charge is -2.18. The van der Waals surface area contributed by atoms with Gasteiger partial charge in [-0.3, -0.25) is 9.52 Å². The molecular weight excluding hydrogens is 439 g/mol. The fraction of sp³-hybridized carbons (Fsp3) is 0.300. The number of carbonyl (C=O) groups excluding carboxylic acids is 1. The zero-order chi connectivity index (χ0) is 23.3. The minimum absolute atomic E-state index is 0.0923. The highest BCUT2D eigenvalue weighted by Crippen LogP contribution is 2.29. The number of sulfonamides is 1. The first-order valence-electron chi connectivity index (χ1n) is 9.70. The summed E-state index contributed by atoms with van der Waals surface area (Å²) < 4.78 is 46.1. The Morgan fingerprint density at radius 2 is 1.94 bits per heavy atom. The average Bonchev–Trinajstić information content (AvgIpc) is 3.19. The lowest BCUT2D eigenvalue weighted by molar-refractivity contribution is -0.119. The molecule has 0 aliphatic rings. The Bertz CT molecular complexity index is 1200. The molecule has 2 N–H and O–H groups in total. The highest BCUT2D eigenvalue weighted by Gasteiger charge is 2.25. The molecule has 0 aliphatic carbocycles. The van der Waals surface area contributed by atoms with Crippen molar-refractivity contribution in [3.63, 3.8) is 0 Å². The van der Waals surface area contributed by atoms with Crippen LogP contribution in [0, 0.1) is 12.7 Å². The molecule has 1 unspecified atom stereocenters. The first kappa shape index (κ1) is 23.1. The van der Waals surface area contributed by atoms with Gasteiger partial charge in [-0.1, -0.05) is 12.1 Å². The molecule has 10 nitrogen and oxygen atoms in total. The summed E-state index contributed by atoms with van der Waals surface area (Å²) in [6.07, 6.45) is 0.226. The molecule has 1 aromatic heterocycles. The summed E-state index contributed by atoms with van der Waals surface area (Å²) in [6.45, 7) is 3.19. The Hall–Kier alpha value is -3.54. The molecule has 0 saturated carbocycles. The summed E-state index contributed by atoms with van der Waals surface area (Å²) in [5, 5.41) is 14.1. The van der Waals surface area contributed by atoms with Crippen molar-refractivity contribution in [2.45, 2.75) is 26.3 Å². The van der Waals surface area contributed by atoms with Crippen LogP contribution in [0.4, 0.5) is 15.8 Å². The average molecular weight is 463 g/mol. The van der Waals surface area contributed by atoms with Crippen LogP contribution in [0.3, 0.4) is 0 Å². The summed E-state index contributed by atoms with van der Waals surface area (Å²) >= 11 is 0. The van der Waals surface area contributed by atoms with Crippen LogP contribution in [-0.4, -0.2) is 47.4 Å². The van der Waals surface area contributed by atoms with Gasteiger partial charge < -0.3 is 10.1 Å². The first-order chi connectivity index (χ1) is 15.2. The molecule has 1 heterocycles. The van der Waals surface area contributed by atoms with Gasteiger partial charge in [-0.25, -0.2) is 17.5 Å². The van der Waals surface area contributed by atoms with E-state index in [1.54, 1.807) is 25.1 Å². The second kappa shape index (κ2) is 9.73. The number of hydrogen-bond donors (Lipinski definition) is 2. The van der Waals surface area contributed by atoms with E-state index in [1.807, 2.05) is 0 Å². The van der Waals surface area contributed by atoms with Crippen molar-refractivity contribution >= 4 is 27.3 Å². The van der Waals surface area contributed by atoms with Crippen LogP contribution in [0.2, 0.25) is 0 Å². The quantitative estimate of drug-likeness (QED) is 0.499. The molecule has 170 valence electrons. The Labute approximate surface area is 184 Å². The molecule has 0 saturated heterocycles. The van der Waals surface area contributed by atoms with E-state index < -0.39 is 22.0 Å². The maximum Gasteiger partial charge on any atom is 0.249 e. The lowest BCUT2D eigenvalue weighted by Crippen LogP contribution is -2.29. The highest BCUT2D eigenvalue weighted by atomic mass is 32.2. The van der Waals surface area contributed by atoms with Crippen molar-refractivity contribution in [2.75, 3.05) is 22.9 Å². The number of hydrogen-bond acceptors (Lipinski definition) is 7. The lowest BCUT2D eigenvalue weighted by atomic mass is 10.0. The van der Waals surface area contributed by atoms with Gasteiger partial charge in [0.1, 0.15) is 23.4 Å². The zero-order valence-corrected chi connectivity index (χ0v) is 18.6. The Balaban J connectivity index is 1.85. The van der Waals surface area contributed by atoms with Gasteiger partial charge in [0.15, 0.2) is 0 Å². The maximum absolute atomic E-state index is 13.3. The number of amides is 1. The molecule has 0 bridgehead atoms. The Morgan fingerprint density at radius 1 is 1.22 bits per heavy atom. The molecule has 0 aliphatic heterocycles. The van der Waals surface area contributed by atoms with E-state index >= 15 is 0 Å². The van der Waals surface area contributed by atoms with E-state index in [0.29, 0.717) is 11.5 Å². The normalized spacial score (nSPS) is 12.2. The van der Waals surface area contributed by atoms with Gasteiger partial charge in [0.2, 0.25) is 15.9 Å². The van der Waals surface area contributed by atoms with Crippen LogP contribution < -0.4 is 14.8 Å². The Morgan fingerprint density at radius 3 is 2.53 bits per heavy atom. The number of aryl methyl sites for hydroxylation is 1. The van der Waals surface area contributed by atoms with Crippen LogP contribution in [0.25, 0.3) is 0 Å². The SMILES string of the molecule is CCS(=O)(=O)Nc1ccc(NC(=O)C(Cc2ccc(F)cc2)n2nnnc2C)cc1OC. The number of ether oxygens (including phenoxy) is 1. The maximum atomic E-state index is 13.3. The van der Waals surface area contributed by atoms with Crippen molar-refractivity contribution in [3.05, 3.63) is 59.7 Å². The van der Waals surface area contributed by atoms with Crippen LogP contribution in [0.15, 0.2) is 42.5 Å². The van der Waals surface area contributed by atoms with Crippen molar-refractivity contribution in [2.24, 2.45) is 0 Å². The van der Waals surface area contributed by atoms with Gasteiger partial charge in [0.25, 0.3) is 0 Å². The van der Waals surface area contributed by atoms with Gasteiger partial charge in [-0.2, -0.15) is 0 Å². The van der Waals surface area contributed by atoms with E-state index in [1.165, 1.54) is 43.0 Å². The molecule has 1 amide bonds. The number of halogens is 1. The summed E-state index contributed by atoms with van der Waals surface area (Å²) in [7, 11) is -2.10. The molecular formula is C20H23FN6O4S.